The fourth-order valence-corrected chi connectivity index (χ4v) is 1.96. The standard InChI is InChI=1S/C12H9N3O6/c16-12(17)7-5-13-14(6-7)8-3-10-11(21-2-1-20-10)4-9(8)15(18)19/h3-6H,1-2H2,(H,16,17). The van der Waals surface area contributed by atoms with Crippen LogP contribution in [0.2, 0.25) is 0 Å². The number of hydrogen-bond acceptors (Lipinski definition) is 6. The number of carboxylic acids is 1. The Balaban J connectivity index is 2.15. The zero-order chi connectivity index (χ0) is 15.0. The Morgan fingerprint density at radius 1 is 1.33 bits per heavy atom. The Bertz CT molecular complexity index is 739. The second-order valence-corrected chi connectivity index (χ2v) is 4.22. The van der Waals surface area contributed by atoms with Gasteiger partial charge in [0.2, 0.25) is 0 Å². The molecule has 0 aliphatic carbocycles. The van der Waals surface area contributed by atoms with Crippen LogP contribution in [0, 0.1) is 10.1 Å². The highest BCUT2D eigenvalue weighted by Crippen LogP contribution is 2.38. The molecule has 9 heteroatoms. The highest BCUT2D eigenvalue weighted by Gasteiger charge is 2.24. The molecule has 0 fully saturated rings. The SMILES string of the molecule is O=C(O)c1cnn(-c2cc3c(cc2[N+](=O)[O-])OCCO3)c1. The number of hydrogen-bond donors (Lipinski definition) is 1. The summed E-state index contributed by atoms with van der Waals surface area (Å²) in [6.45, 7) is 0.651. The van der Waals surface area contributed by atoms with E-state index in [1.54, 1.807) is 0 Å². The van der Waals surface area contributed by atoms with E-state index >= 15 is 0 Å². The zero-order valence-corrected chi connectivity index (χ0v) is 10.6. The first-order chi connectivity index (χ1) is 10.1. The van der Waals surface area contributed by atoms with Crippen LogP contribution in [-0.4, -0.2) is 39.0 Å². The third-order valence-electron chi connectivity index (χ3n) is 2.91. The fourth-order valence-electron chi connectivity index (χ4n) is 1.96. The number of nitrogens with zero attached hydrogens (tertiary/aromatic N) is 3. The molecule has 1 N–H and O–H groups in total. The molecule has 2 aromatic rings. The topological polar surface area (TPSA) is 117 Å². The van der Waals surface area contributed by atoms with Crippen molar-refractivity contribution in [2.75, 3.05) is 13.2 Å². The molecule has 0 bridgehead atoms. The van der Waals surface area contributed by atoms with E-state index < -0.39 is 10.9 Å². The van der Waals surface area contributed by atoms with E-state index in [1.165, 1.54) is 18.3 Å². The molecule has 1 aliphatic heterocycles. The summed E-state index contributed by atoms with van der Waals surface area (Å²) in [5.74, 6) is -0.530. The Labute approximate surface area is 117 Å². The van der Waals surface area contributed by atoms with E-state index in [0.717, 1.165) is 10.9 Å². The first kappa shape index (κ1) is 12.9. The number of aromatic nitrogens is 2. The summed E-state index contributed by atoms with van der Waals surface area (Å²) in [4.78, 5) is 21.5. The molecule has 1 aliphatic rings. The van der Waals surface area contributed by atoms with Crippen LogP contribution < -0.4 is 9.47 Å². The molecule has 0 unspecified atom stereocenters. The van der Waals surface area contributed by atoms with Gasteiger partial charge in [-0.15, -0.1) is 0 Å². The van der Waals surface area contributed by atoms with E-state index in [2.05, 4.69) is 5.10 Å². The van der Waals surface area contributed by atoms with Crippen molar-refractivity contribution < 1.29 is 24.3 Å². The Hall–Kier alpha value is -3.10. The van der Waals surface area contributed by atoms with Gasteiger partial charge in [-0.2, -0.15) is 5.10 Å². The maximum Gasteiger partial charge on any atom is 0.338 e. The van der Waals surface area contributed by atoms with Gasteiger partial charge in [-0.25, -0.2) is 9.48 Å². The molecule has 9 nitrogen and oxygen atoms in total. The van der Waals surface area contributed by atoms with Crippen LogP contribution in [0.3, 0.4) is 0 Å². The minimum Gasteiger partial charge on any atom is -0.486 e. The number of nitro groups is 1. The zero-order valence-electron chi connectivity index (χ0n) is 10.6. The molecular formula is C12H9N3O6. The molecule has 21 heavy (non-hydrogen) atoms. The lowest BCUT2D eigenvalue weighted by atomic mass is 10.2. The van der Waals surface area contributed by atoms with Gasteiger partial charge in [0.05, 0.1) is 22.7 Å². The Morgan fingerprint density at radius 3 is 2.57 bits per heavy atom. The summed E-state index contributed by atoms with van der Waals surface area (Å²) >= 11 is 0. The minimum absolute atomic E-state index is 0.0702. The molecule has 108 valence electrons. The second-order valence-electron chi connectivity index (χ2n) is 4.22. The maximum atomic E-state index is 11.2. The van der Waals surface area contributed by atoms with Gasteiger partial charge in [0, 0.05) is 12.3 Å². The summed E-state index contributed by atoms with van der Waals surface area (Å²) in [6.07, 6.45) is 2.31. The van der Waals surface area contributed by atoms with Crippen LogP contribution >= 0.6 is 0 Å². The van der Waals surface area contributed by atoms with Gasteiger partial charge in [0.15, 0.2) is 11.5 Å². The predicted octanol–water partition coefficient (Wildman–Crippen LogP) is 1.25. The number of aromatic carboxylic acids is 1. The van der Waals surface area contributed by atoms with Crippen molar-refractivity contribution in [2.24, 2.45) is 0 Å². The monoisotopic (exact) mass is 291 g/mol. The van der Waals surface area contributed by atoms with Crippen LogP contribution in [0.5, 0.6) is 11.5 Å². The molecule has 1 aromatic carbocycles. The van der Waals surface area contributed by atoms with Gasteiger partial charge in [-0.3, -0.25) is 10.1 Å². The predicted molar refractivity (Wildman–Crippen MR) is 68.2 cm³/mol. The fraction of sp³-hybridized carbons (Fsp3) is 0.167. The summed E-state index contributed by atoms with van der Waals surface area (Å²) < 4.78 is 11.8. The van der Waals surface area contributed by atoms with Crippen molar-refractivity contribution in [1.29, 1.82) is 0 Å². The van der Waals surface area contributed by atoms with E-state index in [0.29, 0.717) is 19.0 Å². The Kier molecular flexibility index (Phi) is 2.94. The van der Waals surface area contributed by atoms with Gasteiger partial charge < -0.3 is 14.6 Å². The second kappa shape index (κ2) is 4.78. The van der Waals surface area contributed by atoms with Crippen molar-refractivity contribution in [1.82, 2.24) is 9.78 Å². The van der Waals surface area contributed by atoms with Crippen LogP contribution in [0.1, 0.15) is 10.4 Å². The van der Waals surface area contributed by atoms with Crippen molar-refractivity contribution in [2.45, 2.75) is 0 Å². The molecule has 0 saturated carbocycles. The lowest BCUT2D eigenvalue weighted by Crippen LogP contribution is -2.16. The third kappa shape index (κ3) is 2.24. The number of benzene rings is 1. The molecule has 2 heterocycles. The first-order valence-electron chi connectivity index (χ1n) is 5.92. The van der Waals surface area contributed by atoms with E-state index in [-0.39, 0.29) is 22.7 Å². The van der Waals surface area contributed by atoms with Crippen molar-refractivity contribution in [3.63, 3.8) is 0 Å². The first-order valence-corrected chi connectivity index (χ1v) is 5.92. The molecule has 0 radical (unpaired) electrons. The molecule has 0 spiro atoms. The van der Waals surface area contributed by atoms with Gasteiger partial charge in [-0.1, -0.05) is 0 Å². The van der Waals surface area contributed by atoms with E-state index in [1.807, 2.05) is 0 Å². The normalized spacial score (nSPS) is 13.0. The number of nitro benzene ring substituents is 1. The molecule has 1 aromatic heterocycles. The smallest absolute Gasteiger partial charge is 0.338 e. The number of ether oxygens (including phenoxy) is 2. The van der Waals surface area contributed by atoms with E-state index in [4.69, 9.17) is 14.6 Å². The van der Waals surface area contributed by atoms with Crippen LogP contribution in [0.4, 0.5) is 5.69 Å². The largest absolute Gasteiger partial charge is 0.486 e. The lowest BCUT2D eigenvalue weighted by Gasteiger charge is -2.18. The molecule has 0 amide bonds. The summed E-state index contributed by atoms with van der Waals surface area (Å²) in [5, 5.41) is 23.9. The number of carbonyl (C=O) groups is 1. The van der Waals surface area contributed by atoms with Crippen LogP contribution in [0.25, 0.3) is 5.69 Å². The van der Waals surface area contributed by atoms with E-state index in [9.17, 15) is 14.9 Å². The molecule has 0 saturated heterocycles. The highest BCUT2D eigenvalue weighted by atomic mass is 16.6. The summed E-state index contributed by atoms with van der Waals surface area (Å²) in [7, 11) is 0. The number of rotatable bonds is 3. The minimum atomic E-state index is -1.17. The van der Waals surface area contributed by atoms with Crippen molar-refractivity contribution >= 4 is 11.7 Å². The highest BCUT2D eigenvalue weighted by molar-refractivity contribution is 5.87. The van der Waals surface area contributed by atoms with Crippen molar-refractivity contribution in [3.05, 3.63) is 40.2 Å². The van der Waals surface area contributed by atoms with Crippen LogP contribution in [-0.2, 0) is 0 Å². The maximum absolute atomic E-state index is 11.2. The average molecular weight is 291 g/mol. The van der Waals surface area contributed by atoms with Gasteiger partial charge in [0.25, 0.3) is 5.69 Å². The summed E-state index contributed by atoms with van der Waals surface area (Å²) in [5.41, 5.74) is -0.213. The van der Waals surface area contributed by atoms with Crippen molar-refractivity contribution in [3.8, 4) is 17.2 Å². The average Bonchev–Trinajstić information content (AvgIpc) is 2.95. The van der Waals surface area contributed by atoms with Gasteiger partial charge in [0.1, 0.15) is 18.9 Å². The Morgan fingerprint density at radius 2 is 2.00 bits per heavy atom. The number of carboxylic acid groups (broad SMARTS) is 1. The quantitative estimate of drug-likeness (QED) is 0.668. The number of fused-ring (bicyclic) bond motifs is 1. The molecular weight excluding hydrogens is 282 g/mol. The molecule has 3 rings (SSSR count). The summed E-state index contributed by atoms with van der Waals surface area (Å²) in [6, 6.07) is 2.65. The lowest BCUT2D eigenvalue weighted by molar-refractivity contribution is -0.384. The van der Waals surface area contributed by atoms with Crippen LogP contribution in [0.15, 0.2) is 24.5 Å². The van der Waals surface area contributed by atoms with Gasteiger partial charge in [-0.05, 0) is 0 Å². The van der Waals surface area contributed by atoms with Gasteiger partial charge >= 0.3 is 5.97 Å². The third-order valence-corrected chi connectivity index (χ3v) is 2.91. The molecule has 0 atom stereocenters.